The van der Waals surface area contributed by atoms with Gasteiger partial charge in [0.15, 0.2) is 0 Å². The van der Waals surface area contributed by atoms with Crippen molar-refractivity contribution >= 4 is 12.0 Å². The molecule has 8 heteroatoms. The Morgan fingerprint density at radius 2 is 1.62 bits per heavy atom. The predicted molar refractivity (Wildman–Crippen MR) is 152 cm³/mol. The van der Waals surface area contributed by atoms with E-state index in [9.17, 15) is 19.8 Å². The highest BCUT2D eigenvalue weighted by molar-refractivity contribution is 5.80. The molecule has 0 fully saturated rings. The van der Waals surface area contributed by atoms with Crippen LogP contribution in [0.15, 0.2) is 79.1 Å². The van der Waals surface area contributed by atoms with Crippen molar-refractivity contribution in [1.82, 2.24) is 15.6 Å². The van der Waals surface area contributed by atoms with E-state index < -0.39 is 41.9 Å². The van der Waals surface area contributed by atoms with Gasteiger partial charge in [-0.05, 0) is 74.4 Å². The van der Waals surface area contributed by atoms with E-state index in [-0.39, 0.29) is 12.3 Å². The van der Waals surface area contributed by atoms with E-state index in [0.29, 0.717) is 19.3 Å². The van der Waals surface area contributed by atoms with Crippen LogP contribution < -0.4 is 10.6 Å². The average Bonchev–Trinajstić information content (AvgIpc) is 3.22. The third kappa shape index (κ3) is 8.13. The Hall–Kier alpha value is -3.75. The second kappa shape index (κ2) is 13.1. The number of pyridine rings is 1. The van der Waals surface area contributed by atoms with Crippen molar-refractivity contribution in [2.45, 2.75) is 76.3 Å². The number of aliphatic hydroxyl groups is 2. The van der Waals surface area contributed by atoms with Crippen molar-refractivity contribution in [3.05, 3.63) is 101 Å². The summed E-state index contributed by atoms with van der Waals surface area (Å²) in [7, 11) is 0. The zero-order chi connectivity index (χ0) is 28.7. The van der Waals surface area contributed by atoms with Crippen molar-refractivity contribution in [3.63, 3.8) is 0 Å². The number of nitrogens with zero attached hydrogens (tertiary/aromatic N) is 1. The van der Waals surface area contributed by atoms with Crippen molar-refractivity contribution in [1.29, 1.82) is 0 Å². The number of carbonyl (C=O) groups is 2. The van der Waals surface area contributed by atoms with Crippen LogP contribution in [-0.2, 0) is 28.8 Å². The maximum absolute atomic E-state index is 13.7. The molecule has 1 aliphatic carbocycles. The second-order valence-corrected chi connectivity index (χ2v) is 11.5. The standard InChI is InChI=1S/C32H39N3O5/c1-32(2,3)40-31(39)34-26(18-21-9-5-4-6-10-21)27(36)20-24(17-22-13-15-33-16-14-22)30(38)35-29-25-12-8-7-11-23(25)19-28(29)37/h4-16,24,26-29,36-37H,17-20H2,1-3H3,(H,34,39)(H,35,38)/t24-,26+,27+,28-,29-/m1/s1. The first-order chi connectivity index (χ1) is 19.1. The summed E-state index contributed by atoms with van der Waals surface area (Å²) in [6.45, 7) is 5.33. The molecule has 212 valence electrons. The van der Waals surface area contributed by atoms with E-state index in [4.69, 9.17) is 4.74 Å². The van der Waals surface area contributed by atoms with Crippen molar-refractivity contribution in [2.75, 3.05) is 0 Å². The number of aliphatic hydroxyl groups excluding tert-OH is 2. The summed E-state index contributed by atoms with van der Waals surface area (Å²) in [6.07, 6.45) is 2.20. The fourth-order valence-electron chi connectivity index (χ4n) is 5.17. The number of amides is 2. The molecule has 2 amide bonds. The quantitative estimate of drug-likeness (QED) is 0.307. The molecule has 3 aromatic rings. The Morgan fingerprint density at radius 1 is 0.975 bits per heavy atom. The van der Waals surface area contributed by atoms with E-state index >= 15 is 0 Å². The van der Waals surface area contributed by atoms with E-state index in [1.165, 1.54) is 0 Å². The summed E-state index contributed by atoms with van der Waals surface area (Å²) in [5.74, 6) is -0.900. The molecule has 4 N–H and O–H groups in total. The molecule has 0 spiro atoms. The highest BCUT2D eigenvalue weighted by Gasteiger charge is 2.35. The minimum Gasteiger partial charge on any atom is -0.444 e. The summed E-state index contributed by atoms with van der Waals surface area (Å²) in [4.78, 5) is 30.5. The summed E-state index contributed by atoms with van der Waals surface area (Å²) in [6, 6.07) is 19.7. The third-order valence-electron chi connectivity index (χ3n) is 7.10. The third-order valence-corrected chi connectivity index (χ3v) is 7.10. The summed E-state index contributed by atoms with van der Waals surface area (Å²) in [5.41, 5.74) is 3.04. The molecule has 1 aliphatic rings. The number of hydrogen-bond donors (Lipinski definition) is 4. The largest absolute Gasteiger partial charge is 0.444 e. The van der Waals surface area contributed by atoms with Gasteiger partial charge in [-0.25, -0.2) is 4.79 Å². The first-order valence-electron chi connectivity index (χ1n) is 13.8. The predicted octanol–water partition coefficient (Wildman–Crippen LogP) is 3.90. The molecule has 0 saturated heterocycles. The van der Waals surface area contributed by atoms with Crippen LogP contribution in [0.25, 0.3) is 0 Å². The first kappa shape index (κ1) is 29.2. The lowest BCUT2D eigenvalue weighted by molar-refractivity contribution is -0.127. The number of fused-ring (bicyclic) bond motifs is 1. The summed E-state index contributed by atoms with van der Waals surface area (Å²) in [5, 5.41) is 28.1. The number of hydrogen-bond acceptors (Lipinski definition) is 6. The van der Waals surface area contributed by atoms with E-state index in [1.54, 1.807) is 33.2 Å². The zero-order valence-corrected chi connectivity index (χ0v) is 23.3. The Kier molecular flexibility index (Phi) is 9.55. The maximum atomic E-state index is 13.7. The molecule has 4 rings (SSSR count). The number of nitrogens with one attached hydrogen (secondary N) is 2. The normalized spacial score (nSPS) is 18.7. The Bertz CT molecular complexity index is 1260. The highest BCUT2D eigenvalue weighted by atomic mass is 16.6. The molecule has 1 aromatic heterocycles. The number of alkyl carbamates (subject to hydrolysis) is 1. The van der Waals surface area contributed by atoms with Crippen LogP contribution in [-0.4, -0.2) is 51.0 Å². The van der Waals surface area contributed by atoms with Gasteiger partial charge in [-0.3, -0.25) is 9.78 Å². The zero-order valence-electron chi connectivity index (χ0n) is 23.3. The van der Waals surface area contributed by atoms with Gasteiger partial charge in [-0.1, -0.05) is 54.6 Å². The number of benzene rings is 2. The van der Waals surface area contributed by atoms with Gasteiger partial charge in [0.1, 0.15) is 5.60 Å². The summed E-state index contributed by atoms with van der Waals surface area (Å²) >= 11 is 0. The van der Waals surface area contributed by atoms with Crippen LogP contribution in [0.1, 0.15) is 55.5 Å². The van der Waals surface area contributed by atoms with E-state index in [1.807, 2.05) is 66.7 Å². The van der Waals surface area contributed by atoms with Crippen LogP contribution in [0.2, 0.25) is 0 Å². The number of carbonyl (C=O) groups excluding carboxylic acids is 2. The molecule has 5 atom stereocenters. The van der Waals surface area contributed by atoms with Gasteiger partial charge in [0.2, 0.25) is 5.91 Å². The minimum atomic E-state index is -1.05. The van der Waals surface area contributed by atoms with E-state index in [0.717, 1.165) is 22.3 Å². The van der Waals surface area contributed by atoms with Crippen LogP contribution in [0.4, 0.5) is 4.79 Å². The molecule has 0 unspecified atom stereocenters. The molecule has 0 radical (unpaired) electrons. The monoisotopic (exact) mass is 545 g/mol. The van der Waals surface area contributed by atoms with Crippen LogP contribution in [0.5, 0.6) is 0 Å². The lowest BCUT2D eigenvalue weighted by Crippen LogP contribution is -2.48. The van der Waals surface area contributed by atoms with Gasteiger partial charge in [0, 0.05) is 24.7 Å². The molecule has 1 heterocycles. The van der Waals surface area contributed by atoms with Crippen molar-refractivity contribution < 1.29 is 24.5 Å². The van der Waals surface area contributed by atoms with Gasteiger partial charge in [0.05, 0.1) is 24.3 Å². The summed E-state index contributed by atoms with van der Waals surface area (Å²) < 4.78 is 5.46. The molecule has 40 heavy (non-hydrogen) atoms. The number of aromatic nitrogens is 1. The lowest BCUT2D eigenvalue weighted by atomic mass is 9.88. The van der Waals surface area contributed by atoms with E-state index in [2.05, 4.69) is 15.6 Å². The van der Waals surface area contributed by atoms with Crippen LogP contribution in [0, 0.1) is 5.92 Å². The first-order valence-corrected chi connectivity index (χ1v) is 13.8. The minimum absolute atomic E-state index is 0.0892. The SMILES string of the molecule is CC(C)(C)OC(=O)N[C@@H](Cc1ccccc1)[C@@H](O)C[C@@H](Cc1ccncc1)C(=O)N[C@@H]1c2ccccc2C[C@H]1O. The smallest absolute Gasteiger partial charge is 0.407 e. The Morgan fingerprint density at radius 3 is 2.33 bits per heavy atom. The Labute approximate surface area is 235 Å². The van der Waals surface area contributed by atoms with Crippen molar-refractivity contribution in [2.24, 2.45) is 5.92 Å². The molecule has 8 nitrogen and oxygen atoms in total. The molecule has 0 saturated carbocycles. The molecule has 0 aliphatic heterocycles. The fraction of sp³-hybridized carbons (Fsp3) is 0.406. The van der Waals surface area contributed by atoms with Gasteiger partial charge in [0.25, 0.3) is 0 Å². The lowest BCUT2D eigenvalue weighted by Gasteiger charge is -2.29. The number of rotatable bonds is 10. The Balaban J connectivity index is 1.54. The van der Waals surface area contributed by atoms with Gasteiger partial charge in [-0.15, -0.1) is 0 Å². The molecule has 2 aromatic carbocycles. The molecular formula is C32H39N3O5. The van der Waals surface area contributed by atoms with Crippen LogP contribution in [0.3, 0.4) is 0 Å². The maximum Gasteiger partial charge on any atom is 0.407 e. The number of ether oxygens (including phenoxy) is 1. The van der Waals surface area contributed by atoms with Gasteiger partial charge in [-0.2, -0.15) is 0 Å². The topological polar surface area (TPSA) is 121 Å². The highest BCUT2D eigenvalue weighted by Crippen LogP contribution is 2.32. The molecule has 0 bridgehead atoms. The average molecular weight is 546 g/mol. The second-order valence-electron chi connectivity index (χ2n) is 11.5. The van der Waals surface area contributed by atoms with Gasteiger partial charge < -0.3 is 25.6 Å². The van der Waals surface area contributed by atoms with Crippen LogP contribution >= 0.6 is 0 Å². The molecular weight excluding hydrogens is 506 g/mol. The van der Waals surface area contributed by atoms with Gasteiger partial charge >= 0.3 is 6.09 Å². The van der Waals surface area contributed by atoms with Crippen molar-refractivity contribution in [3.8, 4) is 0 Å². The fourth-order valence-corrected chi connectivity index (χ4v) is 5.17.